The second kappa shape index (κ2) is 7.14. The van der Waals surface area contributed by atoms with Gasteiger partial charge < -0.3 is 9.16 Å². The minimum absolute atomic E-state index is 0.0748. The highest BCUT2D eigenvalue weighted by atomic mass is 28.4. The summed E-state index contributed by atoms with van der Waals surface area (Å²) in [7, 11) is -0.405. The first kappa shape index (κ1) is 22.0. The summed E-state index contributed by atoms with van der Waals surface area (Å²) in [5.41, 5.74) is 3.78. The molecule has 0 amide bonds. The Morgan fingerprint density at radius 1 is 0.968 bits per heavy atom. The lowest BCUT2D eigenvalue weighted by molar-refractivity contribution is 0.0575. The number of ketones is 2. The molecule has 0 aromatic heterocycles. The Hall–Kier alpha value is -2.24. The highest BCUT2D eigenvalue weighted by molar-refractivity contribution is 6.74. The maximum Gasteiger partial charge on any atom is 0.198 e. The van der Waals surface area contributed by atoms with Crippen LogP contribution in [0.1, 0.15) is 77.1 Å². The van der Waals surface area contributed by atoms with Crippen molar-refractivity contribution in [1.82, 2.24) is 0 Å². The van der Waals surface area contributed by atoms with Crippen LogP contribution in [0.15, 0.2) is 30.3 Å². The van der Waals surface area contributed by atoms with Gasteiger partial charge in [0, 0.05) is 23.1 Å². The maximum atomic E-state index is 13.5. The van der Waals surface area contributed by atoms with Crippen molar-refractivity contribution in [3.05, 3.63) is 63.7 Å². The highest BCUT2D eigenvalue weighted by Crippen LogP contribution is 2.44. The van der Waals surface area contributed by atoms with Gasteiger partial charge in [0.1, 0.15) is 5.75 Å². The first-order valence-electron chi connectivity index (χ1n) is 11.0. The van der Waals surface area contributed by atoms with E-state index in [1.807, 2.05) is 12.1 Å². The SMILES string of the molecule is COc1cccc2c1C(=O)c1ccc3c(c1C2=O)CC[C@](C)(O[Si](C)(C)C(C)(C)C)C3. The van der Waals surface area contributed by atoms with Crippen LogP contribution in [-0.4, -0.2) is 32.6 Å². The summed E-state index contributed by atoms with van der Waals surface area (Å²) in [6, 6.07) is 9.08. The Kier molecular flexibility index (Phi) is 5.06. The number of rotatable bonds is 3. The first-order chi connectivity index (χ1) is 14.4. The summed E-state index contributed by atoms with van der Waals surface area (Å²) < 4.78 is 12.2. The van der Waals surface area contributed by atoms with Gasteiger partial charge in [0.25, 0.3) is 0 Å². The minimum atomic E-state index is -1.93. The van der Waals surface area contributed by atoms with Crippen molar-refractivity contribution in [3.8, 4) is 5.75 Å². The fraction of sp³-hybridized carbons (Fsp3) is 0.462. The summed E-state index contributed by atoms with van der Waals surface area (Å²) in [4.78, 5) is 26.8. The van der Waals surface area contributed by atoms with Crippen LogP contribution in [0, 0.1) is 0 Å². The fourth-order valence-electron chi connectivity index (χ4n) is 4.72. The molecule has 0 unspecified atom stereocenters. The Morgan fingerprint density at radius 2 is 1.61 bits per heavy atom. The third-order valence-electron chi connectivity index (χ3n) is 7.38. The van der Waals surface area contributed by atoms with Crippen LogP contribution in [0.2, 0.25) is 18.1 Å². The second-order valence-electron chi connectivity index (χ2n) is 10.7. The molecule has 0 N–H and O–H groups in total. The minimum Gasteiger partial charge on any atom is -0.496 e. The molecule has 0 spiro atoms. The fourth-order valence-corrected chi connectivity index (χ4v) is 6.43. The van der Waals surface area contributed by atoms with Crippen molar-refractivity contribution in [2.45, 2.75) is 70.7 Å². The quantitative estimate of drug-likeness (QED) is 0.491. The lowest BCUT2D eigenvalue weighted by Crippen LogP contribution is -2.50. The van der Waals surface area contributed by atoms with Gasteiger partial charge in [-0.15, -0.1) is 0 Å². The van der Waals surface area contributed by atoms with Gasteiger partial charge in [-0.3, -0.25) is 9.59 Å². The molecule has 2 aliphatic carbocycles. The average molecular weight is 437 g/mol. The van der Waals surface area contributed by atoms with Gasteiger partial charge in [0.05, 0.1) is 18.3 Å². The van der Waals surface area contributed by atoms with Crippen molar-refractivity contribution >= 4 is 19.9 Å². The Morgan fingerprint density at radius 3 is 2.26 bits per heavy atom. The Bertz CT molecular complexity index is 1090. The molecule has 0 radical (unpaired) electrons. The summed E-state index contributed by atoms with van der Waals surface area (Å²) in [6.07, 6.45) is 2.34. The zero-order chi connectivity index (χ0) is 22.8. The number of methoxy groups -OCH3 is 1. The van der Waals surface area contributed by atoms with Gasteiger partial charge in [0.2, 0.25) is 0 Å². The molecule has 2 aromatic carbocycles. The molecule has 31 heavy (non-hydrogen) atoms. The standard InChI is InChI=1S/C26H32O4Si/c1-25(2,3)31(6,7)30-26(4)14-13-17-16(15-26)11-12-19-21(17)23(27)18-9-8-10-20(29-5)22(18)24(19)28/h8-12H,13-15H2,1-7H3/t26-/m0/s1. The Labute approximate surface area is 186 Å². The molecule has 4 nitrogen and oxygen atoms in total. The third-order valence-corrected chi connectivity index (χ3v) is 12.0. The number of carbonyl (C=O) groups excluding carboxylic acids is 2. The van der Waals surface area contributed by atoms with Crippen LogP contribution < -0.4 is 4.74 Å². The molecule has 0 saturated carbocycles. The third kappa shape index (κ3) is 3.48. The number of ether oxygens (including phenoxy) is 1. The predicted molar refractivity (Wildman–Crippen MR) is 125 cm³/mol. The van der Waals surface area contributed by atoms with E-state index in [9.17, 15) is 9.59 Å². The van der Waals surface area contributed by atoms with Gasteiger partial charge in [-0.2, -0.15) is 0 Å². The average Bonchev–Trinajstić information content (AvgIpc) is 2.69. The maximum absolute atomic E-state index is 13.5. The van der Waals surface area contributed by atoms with Crippen LogP contribution in [0.5, 0.6) is 5.75 Å². The lowest BCUT2D eigenvalue weighted by atomic mass is 9.74. The molecule has 0 fully saturated rings. The number of hydrogen-bond donors (Lipinski definition) is 0. The molecule has 0 heterocycles. The molecule has 2 aliphatic rings. The number of fused-ring (bicyclic) bond motifs is 4. The molecule has 5 heteroatoms. The first-order valence-corrected chi connectivity index (χ1v) is 13.9. The van der Waals surface area contributed by atoms with E-state index >= 15 is 0 Å². The van der Waals surface area contributed by atoms with E-state index in [1.54, 1.807) is 18.2 Å². The summed E-state index contributed by atoms with van der Waals surface area (Å²) in [5.74, 6) is 0.250. The van der Waals surface area contributed by atoms with E-state index < -0.39 is 8.32 Å². The van der Waals surface area contributed by atoms with Gasteiger partial charge in [-0.05, 0) is 61.2 Å². The van der Waals surface area contributed by atoms with E-state index in [0.29, 0.717) is 28.0 Å². The Balaban J connectivity index is 1.75. The number of carbonyl (C=O) groups is 2. The molecule has 2 aromatic rings. The molecular formula is C26H32O4Si. The summed E-state index contributed by atoms with van der Waals surface area (Å²) in [6.45, 7) is 13.5. The lowest BCUT2D eigenvalue weighted by Gasteiger charge is -2.46. The van der Waals surface area contributed by atoms with E-state index in [0.717, 1.165) is 30.4 Å². The van der Waals surface area contributed by atoms with Crippen molar-refractivity contribution in [2.24, 2.45) is 0 Å². The molecule has 0 saturated heterocycles. The van der Waals surface area contributed by atoms with Gasteiger partial charge in [-0.1, -0.05) is 39.0 Å². The summed E-state index contributed by atoms with van der Waals surface area (Å²) >= 11 is 0. The van der Waals surface area contributed by atoms with Crippen LogP contribution >= 0.6 is 0 Å². The van der Waals surface area contributed by atoms with Crippen molar-refractivity contribution in [1.29, 1.82) is 0 Å². The zero-order valence-electron chi connectivity index (χ0n) is 19.6. The number of benzene rings is 2. The predicted octanol–water partition coefficient (Wildman–Crippen LogP) is 5.74. The second-order valence-corrected chi connectivity index (χ2v) is 15.4. The van der Waals surface area contributed by atoms with E-state index in [4.69, 9.17) is 9.16 Å². The zero-order valence-corrected chi connectivity index (χ0v) is 20.6. The van der Waals surface area contributed by atoms with E-state index in [-0.39, 0.29) is 22.2 Å². The topological polar surface area (TPSA) is 52.6 Å². The van der Waals surface area contributed by atoms with Gasteiger partial charge in [0.15, 0.2) is 19.9 Å². The van der Waals surface area contributed by atoms with Crippen molar-refractivity contribution in [2.75, 3.05) is 7.11 Å². The van der Waals surface area contributed by atoms with Gasteiger partial charge >= 0.3 is 0 Å². The van der Waals surface area contributed by atoms with Crippen LogP contribution in [0.3, 0.4) is 0 Å². The van der Waals surface area contributed by atoms with E-state index in [1.165, 1.54) is 7.11 Å². The van der Waals surface area contributed by atoms with Crippen LogP contribution in [0.25, 0.3) is 0 Å². The van der Waals surface area contributed by atoms with Crippen molar-refractivity contribution in [3.63, 3.8) is 0 Å². The summed E-state index contributed by atoms with van der Waals surface area (Å²) in [5, 5.41) is 0.136. The van der Waals surface area contributed by atoms with Crippen LogP contribution in [-0.2, 0) is 17.3 Å². The van der Waals surface area contributed by atoms with E-state index in [2.05, 4.69) is 40.8 Å². The molecule has 1 atom stereocenters. The molecule has 0 aliphatic heterocycles. The van der Waals surface area contributed by atoms with Gasteiger partial charge in [-0.25, -0.2) is 0 Å². The number of hydrogen-bond acceptors (Lipinski definition) is 4. The normalized spacial score (nSPS) is 20.7. The molecule has 164 valence electrons. The molecule has 4 rings (SSSR count). The molecule has 0 bridgehead atoms. The monoisotopic (exact) mass is 436 g/mol. The largest absolute Gasteiger partial charge is 0.496 e. The van der Waals surface area contributed by atoms with Crippen LogP contribution in [0.4, 0.5) is 0 Å². The van der Waals surface area contributed by atoms with Crippen molar-refractivity contribution < 1.29 is 18.8 Å². The highest BCUT2D eigenvalue weighted by Gasteiger charge is 2.45. The molecular weight excluding hydrogens is 404 g/mol. The smallest absolute Gasteiger partial charge is 0.198 e.